The van der Waals surface area contributed by atoms with Crippen LogP contribution in [-0.4, -0.2) is 40.4 Å². The lowest BCUT2D eigenvalue weighted by atomic mass is 9.91. The molecule has 15 heavy (non-hydrogen) atoms. The molecular formula is C11H22O4. The topological polar surface area (TPSA) is 58.9 Å². The molecule has 0 aromatic heterocycles. The third-order valence-electron chi connectivity index (χ3n) is 2.66. The Labute approximate surface area is 91.2 Å². The molecule has 1 aliphatic rings. The SMILES string of the molecule is CC1OC(OC(C)(C)C)C(O)C(C)C1O. The lowest BCUT2D eigenvalue weighted by molar-refractivity contribution is -0.302. The summed E-state index contributed by atoms with van der Waals surface area (Å²) in [5.74, 6) is -0.235. The van der Waals surface area contributed by atoms with Crippen LogP contribution in [0.5, 0.6) is 0 Å². The Morgan fingerprint density at radius 3 is 2.07 bits per heavy atom. The summed E-state index contributed by atoms with van der Waals surface area (Å²) >= 11 is 0. The lowest BCUT2D eigenvalue weighted by Crippen LogP contribution is -2.54. The number of ether oxygens (including phenoxy) is 2. The third-order valence-corrected chi connectivity index (χ3v) is 2.66. The highest BCUT2D eigenvalue weighted by Crippen LogP contribution is 2.28. The van der Waals surface area contributed by atoms with Crippen LogP contribution in [0.2, 0.25) is 0 Å². The molecule has 0 saturated carbocycles. The molecule has 0 aromatic carbocycles. The van der Waals surface area contributed by atoms with E-state index in [1.165, 1.54) is 0 Å². The van der Waals surface area contributed by atoms with Crippen molar-refractivity contribution in [1.82, 2.24) is 0 Å². The van der Waals surface area contributed by atoms with Crippen LogP contribution in [0.1, 0.15) is 34.6 Å². The van der Waals surface area contributed by atoms with Crippen molar-refractivity contribution in [3.8, 4) is 0 Å². The zero-order valence-electron chi connectivity index (χ0n) is 10.1. The van der Waals surface area contributed by atoms with Gasteiger partial charge in [0.25, 0.3) is 0 Å². The summed E-state index contributed by atoms with van der Waals surface area (Å²) in [4.78, 5) is 0. The van der Waals surface area contributed by atoms with Crippen molar-refractivity contribution in [2.24, 2.45) is 5.92 Å². The van der Waals surface area contributed by atoms with E-state index in [0.717, 1.165) is 0 Å². The van der Waals surface area contributed by atoms with Gasteiger partial charge in [0.2, 0.25) is 0 Å². The normalized spacial score (nSPS) is 43.0. The Morgan fingerprint density at radius 2 is 1.60 bits per heavy atom. The Morgan fingerprint density at radius 1 is 1.07 bits per heavy atom. The van der Waals surface area contributed by atoms with E-state index in [9.17, 15) is 10.2 Å². The average molecular weight is 218 g/mol. The van der Waals surface area contributed by atoms with Gasteiger partial charge in [-0.15, -0.1) is 0 Å². The molecular weight excluding hydrogens is 196 g/mol. The van der Waals surface area contributed by atoms with Crippen LogP contribution in [-0.2, 0) is 9.47 Å². The molecule has 4 nitrogen and oxygen atoms in total. The fourth-order valence-electron chi connectivity index (χ4n) is 1.70. The maximum Gasteiger partial charge on any atom is 0.184 e. The molecule has 0 aliphatic carbocycles. The zero-order chi connectivity index (χ0) is 11.8. The van der Waals surface area contributed by atoms with Crippen LogP contribution in [0, 0.1) is 5.92 Å². The summed E-state index contributed by atoms with van der Waals surface area (Å²) in [7, 11) is 0. The van der Waals surface area contributed by atoms with Gasteiger partial charge in [-0.25, -0.2) is 0 Å². The summed E-state index contributed by atoms with van der Waals surface area (Å²) in [5.41, 5.74) is -0.368. The molecule has 2 N–H and O–H groups in total. The molecule has 0 amide bonds. The van der Waals surface area contributed by atoms with E-state index in [1.54, 1.807) is 13.8 Å². The quantitative estimate of drug-likeness (QED) is 0.686. The fourth-order valence-corrected chi connectivity index (χ4v) is 1.70. The second-order valence-corrected chi connectivity index (χ2v) is 5.28. The predicted octanol–water partition coefficient (Wildman–Crippen LogP) is 0.904. The molecule has 1 saturated heterocycles. The molecule has 5 atom stereocenters. The average Bonchev–Trinajstić information content (AvgIpc) is 2.08. The van der Waals surface area contributed by atoms with Crippen LogP contribution < -0.4 is 0 Å². The number of hydrogen-bond donors (Lipinski definition) is 2. The minimum Gasteiger partial charge on any atom is -0.390 e. The molecule has 1 rings (SSSR count). The fraction of sp³-hybridized carbons (Fsp3) is 1.00. The van der Waals surface area contributed by atoms with Gasteiger partial charge in [-0.2, -0.15) is 0 Å². The molecule has 0 radical (unpaired) electrons. The zero-order valence-corrected chi connectivity index (χ0v) is 10.1. The van der Waals surface area contributed by atoms with Crippen molar-refractivity contribution in [3.05, 3.63) is 0 Å². The summed E-state index contributed by atoms with van der Waals surface area (Å²) in [5, 5.41) is 19.6. The van der Waals surface area contributed by atoms with Gasteiger partial charge < -0.3 is 19.7 Å². The molecule has 0 bridgehead atoms. The molecule has 0 spiro atoms. The summed E-state index contributed by atoms with van der Waals surface area (Å²) < 4.78 is 11.0. The van der Waals surface area contributed by atoms with Crippen LogP contribution >= 0.6 is 0 Å². The first kappa shape index (κ1) is 12.9. The maximum atomic E-state index is 9.88. The molecule has 0 aromatic rings. The van der Waals surface area contributed by atoms with Crippen molar-refractivity contribution in [3.63, 3.8) is 0 Å². The standard InChI is InChI=1S/C11H22O4/c1-6-8(12)7(2)14-10(9(6)13)15-11(3,4)5/h6-10,12-13H,1-5H3. The van der Waals surface area contributed by atoms with Crippen molar-refractivity contribution in [1.29, 1.82) is 0 Å². The predicted molar refractivity (Wildman–Crippen MR) is 56.4 cm³/mol. The van der Waals surface area contributed by atoms with E-state index in [4.69, 9.17) is 9.47 Å². The van der Waals surface area contributed by atoms with E-state index in [1.807, 2.05) is 20.8 Å². The second kappa shape index (κ2) is 4.37. The summed E-state index contributed by atoms with van der Waals surface area (Å²) in [6.07, 6.45) is -2.38. The van der Waals surface area contributed by atoms with Crippen LogP contribution in [0.15, 0.2) is 0 Å². The minimum absolute atomic E-state index is 0.235. The van der Waals surface area contributed by atoms with Crippen molar-refractivity contribution < 1.29 is 19.7 Å². The first-order chi connectivity index (χ1) is 6.72. The Balaban J connectivity index is 2.67. The number of aliphatic hydroxyl groups excluding tert-OH is 2. The maximum absolute atomic E-state index is 9.88. The highest BCUT2D eigenvalue weighted by molar-refractivity contribution is 4.85. The van der Waals surface area contributed by atoms with Crippen molar-refractivity contribution in [2.75, 3.05) is 0 Å². The van der Waals surface area contributed by atoms with E-state index < -0.39 is 18.5 Å². The van der Waals surface area contributed by atoms with Gasteiger partial charge >= 0.3 is 0 Å². The molecule has 1 heterocycles. The van der Waals surface area contributed by atoms with E-state index in [2.05, 4.69) is 0 Å². The third kappa shape index (κ3) is 3.14. The largest absolute Gasteiger partial charge is 0.390 e. The highest BCUT2D eigenvalue weighted by Gasteiger charge is 2.41. The van der Waals surface area contributed by atoms with Gasteiger partial charge in [-0.05, 0) is 27.7 Å². The summed E-state index contributed by atoms with van der Waals surface area (Å²) in [6.45, 7) is 9.30. The van der Waals surface area contributed by atoms with Crippen LogP contribution in [0.25, 0.3) is 0 Å². The van der Waals surface area contributed by atoms with Gasteiger partial charge in [0.05, 0.1) is 17.8 Å². The number of rotatable bonds is 1. The smallest absolute Gasteiger partial charge is 0.184 e. The van der Waals surface area contributed by atoms with Crippen molar-refractivity contribution in [2.45, 2.75) is 64.8 Å². The van der Waals surface area contributed by atoms with Gasteiger partial charge in [0.15, 0.2) is 6.29 Å². The van der Waals surface area contributed by atoms with Gasteiger partial charge in [0.1, 0.15) is 6.10 Å². The highest BCUT2D eigenvalue weighted by atomic mass is 16.7. The van der Waals surface area contributed by atoms with E-state index in [-0.39, 0.29) is 17.6 Å². The van der Waals surface area contributed by atoms with Gasteiger partial charge in [-0.1, -0.05) is 6.92 Å². The van der Waals surface area contributed by atoms with Crippen LogP contribution in [0.3, 0.4) is 0 Å². The Bertz CT molecular complexity index is 211. The first-order valence-electron chi connectivity index (χ1n) is 5.42. The van der Waals surface area contributed by atoms with Gasteiger partial charge in [-0.3, -0.25) is 0 Å². The molecule has 90 valence electrons. The van der Waals surface area contributed by atoms with E-state index in [0.29, 0.717) is 0 Å². The Kier molecular flexibility index (Phi) is 3.76. The molecule has 5 unspecified atom stereocenters. The van der Waals surface area contributed by atoms with Crippen LogP contribution in [0.4, 0.5) is 0 Å². The minimum atomic E-state index is -0.782. The molecule has 1 aliphatic heterocycles. The molecule has 1 fully saturated rings. The van der Waals surface area contributed by atoms with Gasteiger partial charge in [0, 0.05) is 5.92 Å². The molecule has 4 heteroatoms. The first-order valence-corrected chi connectivity index (χ1v) is 5.42. The second-order valence-electron chi connectivity index (χ2n) is 5.28. The monoisotopic (exact) mass is 218 g/mol. The number of aliphatic hydroxyl groups is 2. The number of hydrogen-bond acceptors (Lipinski definition) is 4. The summed E-state index contributed by atoms with van der Waals surface area (Å²) in [6, 6.07) is 0. The lowest BCUT2D eigenvalue weighted by Gasteiger charge is -2.42. The van der Waals surface area contributed by atoms with Crippen molar-refractivity contribution >= 4 is 0 Å². The van der Waals surface area contributed by atoms with E-state index >= 15 is 0 Å². The Hall–Kier alpha value is -0.160.